The molecule has 2 aromatic heterocycles. The predicted octanol–water partition coefficient (Wildman–Crippen LogP) is 3.24. The fourth-order valence-corrected chi connectivity index (χ4v) is 3.11. The van der Waals surface area contributed by atoms with Gasteiger partial charge in [0.15, 0.2) is 0 Å². The van der Waals surface area contributed by atoms with Gasteiger partial charge in [-0.15, -0.1) is 0 Å². The van der Waals surface area contributed by atoms with E-state index in [0.717, 1.165) is 40.6 Å². The fourth-order valence-electron chi connectivity index (χ4n) is 3.11. The van der Waals surface area contributed by atoms with Crippen LogP contribution in [0.25, 0.3) is 11.3 Å². The van der Waals surface area contributed by atoms with E-state index < -0.39 is 0 Å². The highest BCUT2D eigenvalue weighted by Crippen LogP contribution is 2.24. The zero-order valence-electron chi connectivity index (χ0n) is 15.2. The number of hydrogen-bond acceptors (Lipinski definition) is 2. The summed E-state index contributed by atoms with van der Waals surface area (Å²) >= 11 is 0. The number of aryl methyl sites for hydroxylation is 2. The van der Waals surface area contributed by atoms with E-state index in [4.69, 9.17) is 0 Å². The van der Waals surface area contributed by atoms with Gasteiger partial charge in [0.05, 0.1) is 5.56 Å². The number of amides is 1. The third-order valence-electron chi connectivity index (χ3n) is 4.73. The largest absolute Gasteiger partial charge is 0.350 e. The van der Waals surface area contributed by atoms with Crippen LogP contribution >= 0.6 is 0 Å². The minimum atomic E-state index is -0.0364. The van der Waals surface area contributed by atoms with Gasteiger partial charge in [0, 0.05) is 43.4 Å². The molecule has 0 radical (unpaired) electrons. The molecule has 0 aliphatic carbocycles. The molecule has 1 N–H and O–H groups in total. The lowest BCUT2D eigenvalue weighted by atomic mass is 10.1. The van der Waals surface area contributed by atoms with Crippen molar-refractivity contribution < 1.29 is 4.79 Å². The molecule has 5 nitrogen and oxygen atoms in total. The first kappa shape index (κ1) is 17.0. The molecule has 0 saturated carbocycles. The Hall–Kier alpha value is -2.82. The summed E-state index contributed by atoms with van der Waals surface area (Å²) in [4.78, 5) is 16.9. The molecule has 0 aliphatic heterocycles. The lowest BCUT2D eigenvalue weighted by Gasteiger charge is -2.09. The van der Waals surface area contributed by atoms with Gasteiger partial charge in [-0.2, -0.15) is 0 Å². The first-order chi connectivity index (χ1) is 12.0. The summed E-state index contributed by atoms with van der Waals surface area (Å²) < 4.78 is 4.17. The number of nitrogens with one attached hydrogen (secondary N) is 1. The highest BCUT2D eigenvalue weighted by molar-refractivity contribution is 5.96. The van der Waals surface area contributed by atoms with E-state index in [1.807, 2.05) is 58.3 Å². The molecule has 1 aromatic carbocycles. The molecular formula is C20H24N4O. The lowest BCUT2D eigenvalue weighted by molar-refractivity contribution is 0.0951. The quantitative estimate of drug-likeness (QED) is 0.777. The van der Waals surface area contributed by atoms with Gasteiger partial charge in [0.2, 0.25) is 0 Å². The van der Waals surface area contributed by atoms with Crippen molar-refractivity contribution in [2.24, 2.45) is 7.05 Å². The molecule has 1 amide bonds. The maximum absolute atomic E-state index is 12.6. The molecule has 2 heterocycles. The van der Waals surface area contributed by atoms with Gasteiger partial charge in [-0.1, -0.05) is 30.3 Å². The SMILES string of the molecule is Cc1c(C(=O)NCCn2c(C)cnc2C)cc(-c2ccccc2)n1C. The summed E-state index contributed by atoms with van der Waals surface area (Å²) in [6, 6.07) is 12.1. The summed E-state index contributed by atoms with van der Waals surface area (Å²) in [5.74, 6) is 0.930. The highest BCUT2D eigenvalue weighted by Gasteiger charge is 2.16. The van der Waals surface area contributed by atoms with Crippen molar-refractivity contribution in [3.8, 4) is 11.3 Å². The number of benzene rings is 1. The van der Waals surface area contributed by atoms with Crippen molar-refractivity contribution in [1.82, 2.24) is 19.4 Å². The van der Waals surface area contributed by atoms with Crippen LogP contribution in [-0.4, -0.2) is 26.6 Å². The van der Waals surface area contributed by atoms with Crippen LogP contribution in [0.5, 0.6) is 0 Å². The van der Waals surface area contributed by atoms with Gasteiger partial charge >= 0.3 is 0 Å². The smallest absolute Gasteiger partial charge is 0.253 e. The Bertz CT molecular complexity index is 871. The summed E-state index contributed by atoms with van der Waals surface area (Å²) in [5, 5.41) is 3.02. The van der Waals surface area contributed by atoms with Gasteiger partial charge in [-0.05, 0) is 32.4 Å². The Morgan fingerprint density at radius 1 is 1.16 bits per heavy atom. The second-order valence-corrected chi connectivity index (χ2v) is 6.31. The molecule has 0 atom stereocenters. The Morgan fingerprint density at radius 2 is 1.88 bits per heavy atom. The number of aromatic nitrogens is 3. The number of rotatable bonds is 5. The maximum Gasteiger partial charge on any atom is 0.253 e. The first-order valence-corrected chi connectivity index (χ1v) is 8.47. The molecule has 3 rings (SSSR count). The number of carbonyl (C=O) groups is 1. The van der Waals surface area contributed by atoms with Crippen LogP contribution in [-0.2, 0) is 13.6 Å². The minimum absolute atomic E-state index is 0.0364. The van der Waals surface area contributed by atoms with E-state index in [1.165, 1.54) is 0 Å². The number of carbonyl (C=O) groups excluding carboxylic acids is 1. The van der Waals surface area contributed by atoms with Crippen molar-refractivity contribution in [1.29, 1.82) is 0 Å². The maximum atomic E-state index is 12.6. The molecular weight excluding hydrogens is 312 g/mol. The van der Waals surface area contributed by atoms with Gasteiger partial charge < -0.3 is 14.5 Å². The molecule has 0 fully saturated rings. The van der Waals surface area contributed by atoms with Crippen LogP contribution in [0.4, 0.5) is 0 Å². The zero-order chi connectivity index (χ0) is 18.0. The van der Waals surface area contributed by atoms with Crippen LogP contribution in [0.15, 0.2) is 42.6 Å². The van der Waals surface area contributed by atoms with Crippen LogP contribution in [0.2, 0.25) is 0 Å². The summed E-state index contributed by atoms with van der Waals surface area (Å²) in [5.41, 5.74) is 4.95. The fraction of sp³-hybridized carbons (Fsp3) is 0.300. The second-order valence-electron chi connectivity index (χ2n) is 6.31. The van der Waals surface area contributed by atoms with Crippen LogP contribution in [0, 0.1) is 20.8 Å². The van der Waals surface area contributed by atoms with Crippen molar-refractivity contribution in [2.75, 3.05) is 6.54 Å². The molecule has 0 spiro atoms. The van der Waals surface area contributed by atoms with E-state index in [-0.39, 0.29) is 5.91 Å². The molecule has 0 unspecified atom stereocenters. The Kier molecular flexibility index (Phi) is 4.74. The van der Waals surface area contributed by atoms with Crippen molar-refractivity contribution in [2.45, 2.75) is 27.3 Å². The van der Waals surface area contributed by atoms with E-state index >= 15 is 0 Å². The standard InChI is InChI=1S/C20H24N4O/c1-14-13-22-16(3)24(14)11-10-21-20(25)18-12-19(23(4)15(18)2)17-8-6-5-7-9-17/h5-9,12-13H,10-11H2,1-4H3,(H,21,25). The van der Waals surface area contributed by atoms with Crippen LogP contribution in [0.3, 0.4) is 0 Å². The van der Waals surface area contributed by atoms with Crippen molar-refractivity contribution in [3.05, 3.63) is 65.4 Å². The van der Waals surface area contributed by atoms with Crippen molar-refractivity contribution in [3.63, 3.8) is 0 Å². The molecule has 130 valence electrons. The normalized spacial score (nSPS) is 10.9. The number of imidazole rings is 1. The van der Waals surface area contributed by atoms with Crippen LogP contribution in [0.1, 0.15) is 27.6 Å². The molecule has 0 aliphatic rings. The van der Waals surface area contributed by atoms with E-state index in [2.05, 4.69) is 31.6 Å². The van der Waals surface area contributed by atoms with Crippen molar-refractivity contribution >= 4 is 5.91 Å². The minimum Gasteiger partial charge on any atom is -0.350 e. The summed E-state index contributed by atoms with van der Waals surface area (Å²) in [6.45, 7) is 7.27. The summed E-state index contributed by atoms with van der Waals surface area (Å²) in [6.07, 6.45) is 1.85. The highest BCUT2D eigenvalue weighted by atomic mass is 16.1. The average Bonchev–Trinajstić information content (AvgIpc) is 3.09. The predicted molar refractivity (Wildman–Crippen MR) is 99.6 cm³/mol. The Morgan fingerprint density at radius 3 is 2.52 bits per heavy atom. The van der Waals surface area contributed by atoms with Crippen LogP contribution < -0.4 is 5.32 Å². The first-order valence-electron chi connectivity index (χ1n) is 8.47. The molecule has 0 saturated heterocycles. The van der Waals surface area contributed by atoms with E-state index in [0.29, 0.717) is 6.54 Å². The monoisotopic (exact) mass is 336 g/mol. The van der Waals surface area contributed by atoms with E-state index in [9.17, 15) is 4.79 Å². The molecule has 3 aromatic rings. The average molecular weight is 336 g/mol. The molecule has 5 heteroatoms. The van der Waals surface area contributed by atoms with Gasteiger partial charge in [-0.3, -0.25) is 4.79 Å². The van der Waals surface area contributed by atoms with Gasteiger partial charge in [0.25, 0.3) is 5.91 Å². The van der Waals surface area contributed by atoms with Gasteiger partial charge in [0.1, 0.15) is 5.82 Å². The third-order valence-corrected chi connectivity index (χ3v) is 4.73. The lowest BCUT2D eigenvalue weighted by Crippen LogP contribution is -2.28. The number of nitrogens with zero attached hydrogens (tertiary/aromatic N) is 3. The molecule has 25 heavy (non-hydrogen) atoms. The van der Waals surface area contributed by atoms with E-state index in [1.54, 1.807) is 0 Å². The summed E-state index contributed by atoms with van der Waals surface area (Å²) in [7, 11) is 1.99. The Balaban J connectivity index is 1.72. The second kappa shape index (κ2) is 6.97. The molecule has 0 bridgehead atoms. The third kappa shape index (κ3) is 3.36. The number of hydrogen-bond donors (Lipinski definition) is 1. The Labute approximate surface area is 148 Å². The van der Waals surface area contributed by atoms with Gasteiger partial charge in [-0.25, -0.2) is 4.98 Å². The zero-order valence-corrected chi connectivity index (χ0v) is 15.2. The topological polar surface area (TPSA) is 51.9 Å².